The first-order valence-electron chi connectivity index (χ1n) is 5.86. The Morgan fingerprint density at radius 2 is 2.10 bits per heavy atom. The number of hydrogen-bond donors (Lipinski definition) is 1. The quantitative estimate of drug-likeness (QED) is 0.668. The van der Waals surface area contributed by atoms with Crippen LogP contribution in [0.15, 0.2) is 30.9 Å². The number of hydrogen-bond acceptors (Lipinski definition) is 4. The minimum Gasteiger partial charge on any atom is -0.350 e. The van der Waals surface area contributed by atoms with E-state index in [0.717, 1.165) is 0 Å². The molecule has 21 heavy (non-hydrogen) atoms. The molecular formula is C12H10F2N4O3. The van der Waals surface area contributed by atoms with E-state index in [2.05, 4.69) is 10.3 Å². The highest BCUT2D eigenvalue weighted by molar-refractivity contribution is 5.98. The standard InChI is InChI=1S/C12H10F2N4O3/c13-9-5-8(11(18(20)21)6-10(9)14)12(19)16-2-4-17-3-1-15-7-17/h1,3,5-7H,2,4H2,(H,16,19). The lowest BCUT2D eigenvalue weighted by Crippen LogP contribution is -2.27. The number of imidazole rings is 1. The molecule has 0 saturated heterocycles. The smallest absolute Gasteiger partial charge is 0.285 e. The average Bonchev–Trinajstić information content (AvgIpc) is 2.94. The van der Waals surface area contributed by atoms with Gasteiger partial charge in [0.15, 0.2) is 11.6 Å². The molecule has 1 amide bonds. The fourth-order valence-electron chi connectivity index (χ4n) is 1.68. The van der Waals surface area contributed by atoms with Crippen molar-refractivity contribution >= 4 is 11.6 Å². The van der Waals surface area contributed by atoms with E-state index in [1.54, 1.807) is 17.0 Å². The maximum Gasteiger partial charge on any atom is 0.285 e. The van der Waals surface area contributed by atoms with E-state index < -0.39 is 33.7 Å². The van der Waals surface area contributed by atoms with E-state index in [-0.39, 0.29) is 6.54 Å². The zero-order chi connectivity index (χ0) is 15.4. The number of carbonyl (C=O) groups is 1. The van der Waals surface area contributed by atoms with Gasteiger partial charge in [0.25, 0.3) is 11.6 Å². The molecule has 0 aliphatic carbocycles. The molecule has 0 spiro atoms. The van der Waals surface area contributed by atoms with E-state index in [0.29, 0.717) is 18.7 Å². The Hall–Kier alpha value is -2.84. The van der Waals surface area contributed by atoms with E-state index in [9.17, 15) is 23.7 Å². The van der Waals surface area contributed by atoms with Crippen LogP contribution in [0.2, 0.25) is 0 Å². The summed E-state index contributed by atoms with van der Waals surface area (Å²) in [5.74, 6) is -3.54. The Balaban J connectivity index is 2.11. The van der Waals surface area contributed by atoms with Gasteiger partial charge in [-0.05, 0) is 6.07 Å². The molecule has 1 aromatic carbocycles. The summed E-state index contributed by atoms with van der Waals surface area (Å²) in [5, 5.41) is 13.2. The third kappa shape index (κ3) is 3.38. The third-order valence-corrected chi connectivity index (χ3v) is 2.69. The molecule has 0 aliphatic rings. The lowest BCUT2D eigenvalue weighted by Gasteiger charge is -2.07. The van der Waals surface area contributed by atoms with Gasteiger partial charge in [0.2, 0.25) is 0 Å². The van der Waals surface area contributed by atoms with E-state index in [1.807, 2.05) is 0 Å². The number of halogens is 2. The van der Waals surface area contributed by atoms with Crippen LogP contribution in [0.1, 0.15) is 10.4 Å². The molecule has 0 unspecified atom stereocenters. The van der Waals surface area contributed by atoms with Crippen molar-refractivity contribution in [1.29, 1.82) is 0 Å². The minimum atomic E-state index is -1.38. The van der Waals surface area contributed by atoms with Gasteiger partial charge in [-0.15, -0.1) is 0 Å². The van der Waals surface area contributed by atoms with Crippen molar-refractivity contribution in [1.82, 2.24) is 14.9 Å². The molecule has 0 radical (unpaired) electrons. The molecule has 1 aromatic heterocycles. The number of aromatic nitrogens is 2. The van der Waals surface area contributed by atoms with E-state index >= 15 is 0 Å². The maximum absolute atomic E-state index is 13.1. The van der Waals surface area contributed by atoms with Gasteiger partial charge >= 0.3 is 0 Å². The predicted molar refractivity (Wildman–Crippen MR) is 67.6 cm³/mol. The Kier molecular flexibility index (Phi) is 4.21. The highest BCUT2D eigenvalue weighted by Gasteiger charge is 2.23. The summed E-state index contributed by atoms with van der Waals surface area (Å²) >= 11 is 0. The van der Waals surface area contributed by atoms with Gasteiger partial charge < -0.3 is 9.88 Å². The number of benzene rings is 1. The highest BCUT2D eigenvalue weighted by atomic mass is 19.2. The number of nitro groups is 1. The molecule has 0 fully saturated rings. The molecule has 0 saturated carbocycles. The average molecular weight is 296 g/mol. The number of nitrogens with zero attached hydrogens (tertiary/aromatic N) is 3. The summed E-state index contributed by atoms with van der Waals surface area (Å²) < 4.78 is 27.8. The molecule has 0 bridgehead atoms. The molecule has 1 N–H and O–H groups in total. The van der Waals surface area contributed by atoms with Crippen molar-refractivity contribution in [3.8, 4) is 0 Å². The van der Waals surface area contributed by atoms with Crippen LogP contribution in [0.3, 0.4) is 0 Å². The second kappa shape index (κ2) is 6.07. The van der Waals surface area contributed by atoms with Crippen LogP contribution in [0.25, 0.3) is 0 Å². The number of nitro benzene ring substituents is 1. The Bertz CT molecular complexity index is 673. The number of carbonyl (C=O) groups excluding carboxylic acids is 1. The fourth-order valence-corrected chi connectivity index (χ4v) is 1.68. The van der Waals surface area contributed by atoms with Gasteiger partial charge in [0.05, 0.1) is 17.3 Å². The predicted octanol–water partition coefficient (Wildman–Crippen LogP) is 1.50. The highest BCUT2D eigenvalue weighted by Crippen LogP contribution is 2.22. The molecule has 7 nitrogen and oxygen atoms in total. The van der Waals surface area contributed by atoms with E-state index in [1.165, 1.54) is 6.33 Å². The summed E-state index contributed by atoms with van der Waals surface area (Å²) in [6.45, 7) is 0.550. The molecule has 0 atom stereocenters. The SMILES string of the molecule is O=C(NCCn1ccnc1)c1cc(F)c(F)cc1[N+](=O)[O-]. The van der Waals surface area contributed by atoms with Crippen molar-refractivity contribution in [2.75, 3.05) is 6.54 Å². The largest absolute Gasteiger partial charge is 0.350 e. The van der Waals surface area contributed by atoms with Gasteiger partial charge in [-0.3, -0.25) is 14.9 Å². The van der Waals surface area contributed by atoms with Gasteiger partial charge in [-0.25, -0.2) is 13.8 Å². The van der Waals surface area contributed by atoms with Gasteiger partial charge in [0, 0.05) is 25.5 Å². The first-order valence-corrected chi connectivity index (χ1v) is 5.86. The van der Waals surface area contributed by atoms with Crippen LogP contribution in [0, 0.1) is 21.7 Å². The van der Waals surface area contributed by atoms with Crippen LogP contribution in [-0.2, 0) is 6.54 Å². The van der Waals surface area contributed by atoms with E-state index in [4.69, 9.17) is 0 Å². The zero-order valence-corrected chi connectivity index (χ0v) is 10.6. The van der Waals surface area contributed by atoms with Gasteiger partial charge in [-0.1, -0.05) is 0 Å². The minimum absolute atomic E-state index is 0.158. The Morgan fingerprint density at radius 1 is 1.38 bits per heavy atom. The van der Waals surface area contributed by atoms with Crippen LogP contribution < -0.4 is 5.32 Å². The first-order chi connectivity index (χ1) is 9.99. The summed E-state index contributed by atoms with van der Waals surface area (Å²) in [5.41, 5.74) is -1.31. The molecule has 2 rings (SSSR count). The zero-order valence-electron chi connectivity index (χ0n) is 10.6. The molecule has 0 aliphatic heterocycles. The number of amides is 1. The Labute approximate surface area is 117 Å². The lowest BCUT2D eigenvalue weighted by molar-refractivity contribution is -0.385. The molecule has 1 heterocycles. The maximum atomic E-state index is 13.1. The second-order valence-electron chi connectivity index (χ2n) is 4.10. The van der Waals surface area contributed by atoms with Gasteiger partial charge in [0.1, 0.15) is 5.56 Å². The molecule has 9 heteroatoms. The lowest BCUT2D eigenvalue weighted by atomic mass is 10.1. The summed E-state index contributed by atoms with van der Waals surface area (Å²) in [7, 11) is 0. The van der Waals surface area contributed by atoms with Crippen molar-refractivity contribution < 1.29 is 18.5 Å². The molecular weight excluding hydrogens is 286 g/mol. The van der Waals surface area contributed by atoms with Gasteiger partial charge in [-0.2, -0.15) is 0 Å². The van der Waals surface area contributed by atoms with Crippen molar-refractivity contribution in [2.24, 2.45) is 0 Å². The summed E-state index contributed by atoms with van der Waals surface area (Å²) in [4.78, 5) is 25.5. The van der Waals surface area contributed by atoms with Crippen LogP contribution in [0.4, 0.5) is 14.5 Å². The summed E-state index contributed by atoms with van der Waals surface area (Å²) in [6.07, 6.45) is 4.76. The normalized spacial score (nSPS) is 10.4. The monoisotopic (exact) mass is 296 g/mol. The topological polar surface area (TPSA) is 90.1 Å². The van der Waals surface area contributed by atoms with Crippen molar-refractivity contribution in [3.05, 3.63) is 58.2 Å². The summed E-state index contributed by atoms with van der Waals surface area (Å²) in [6, 6.07) is 0.903. The molecule has 2 aromatic rings. The number of nitrogens with one attached hydrogen (secondary N) is 1. The first kappa shape index (κ1) is 14.6. The van der Waals surface area contributed by atoms with Crippen molar-refractivity contribution in [3.63, 3.8) is 0 Å². The van der Waals surface area contributed by atoms with Crippen LogP contribution in [-0.4, -0.2) is 26.9 Å². The fraction of sp³-hybridized carbons (Fsp3) is 0.167. The second-order valence-corrected chi connectivity index (χ2v) is 4.10. The van der Waals surface area contributed by atoms with Crippen LogP contribution >= 0.6 is 0 Å². The Morgan fingerprint density at radius 3 is 2.71 bits per heavy atom. The third-order valence-electron chi connectivity index (χ3n) is 2.69. The van der Waals surface area contributed by atoms with Crippen molar-refractivity contribution in [2.45, 2.75) is 6.54 Å². The number of rotatable bonds is 5. The molecule has 110 valence electrons. The van der Waals surface area contributed by atoms with Crippen LogP contribution in [0.5, 0.6) is 0 Å².